The second-order valence-corrected chi connectivity index (χ2v) is 7.82. The molecule has 0 aromatic carbocycles. The number of amides is 4. The van der Waals surface area contributed by atoms with E-state index in [1.165, 1.54) is 0 Å². The van der Waals surface area contributed by atoms with Gasteiger partial charge in [0.1, 0.15) is 11.6 Å². The molecule has 0 radical (unpaired) electrons. The average molecular weight is 447 g/mol. The van der Waals surface area contributed by atoms with Gasteiger partial charge in [0.2, 0.25) is 0 Å². The zero-order valence-corrected chi connectivity index (χ0v) is 19.4. The molecule has 0 bridgehead atoms. The lowest BCUT2D eigenvalue weighted by atomic mass is 10.2. The van der Waals surface area contributed by atoms with Gasteiger partial charge in [0.25, 0.3) is 0 Å². The average Bonchev–Trinajstić information content (AvgIpc) is 3.38. The Kier molecular flexibility index (Phi) is 11.7. The minimum Gasteiger partial charge on any atom is -0.338 e. The highest BCUT2D eigenvalue weighted by molar-refractivity contribution is 5.74. The first kappa shape index (κ1) is 25.2. The number of imidazole rings is 2. The zero-order chi connectivity index (χ0) is 23.0. The number of rotatable bonds is 15. The van der Waals surface area contributed by atoms with Crippen LogP contribution in [0.1, 0.15) is 50.2 Å². The number of aromatic nitrogens is 4. The Hall–Kier alpha value is -3.04. The summed E-state index contributed by atoms with van der Waals surface area (Å²) in [5, 5.41) is 11.5. The van der Waals surface area contributed by atoms with E-state index in [4.69, 9.17) is 0 Å². The smallest absolute Gasteiger partial charge is 0.314 e. The summed E-state index contributed by atoms with van der Waals surface area (Å²) in [6.07, 6.45) is 13.1. The third kappa shape index (κ3) is 10.3. The van der Waals surface area contributed by atoms with Crippen LogP contribution in [0.5, 0.6) is 0 Å². The molecular weight excluding hydrogens is 408 g/mol. The maximum atomic E-state index is 11.8. The highest BCUT2D eigenvalue weighted by Crippen LogP contribution is 1.99. The molecule has 0 atom stereocenters. The molecule has 0 spiro atoms. The molecule has 0 aliphatic carbocycles. The molecule has 4 amide bonds. The fourth-order valence-electron chi connectivity index (χ4n) is 3.32. The number of unbranched alkanes of at least 4 members (excludes halogenated alkanes) is 3. The lowest BCUT2D eigenvalue weighted by Crippen LogP contribution is -2.37. The van der Waals surface area contributed by atoms with Crippen molar-refractivity contribution in [3.8, 4) is 0 Å². The van der Waals surface area contributed by atoms with Crippen molar-refractivity contribution in [1.29, 1.82) is 0 Å². The van der Waals surface area contributed by atoms with E-state index < -0.39 is 0 Å². The van der Waals surface area contributed by atoms with Gasteiger partial charge >= 0.3 is 12.1 Å². The molecule has 10 nitrogen and oxygen atoms in total. The van der Waals surface area contributed by atoms with Crippen LogP contribution in [0.15, 0.2) is 24.8 Å². The Morgan fingerprint density at radius 1 is 0.656 bits per heavy atom. The van der Waals surface area contributed by atoms with Crippen molar-refractivity contribution in [2.45, 2.75) is 65.5 Å². The molecular formula is C22H38N8O2. The number of nitrogens with zero attached hydrogens (tertiary/aromatic N) is 4. The van der Waals surface area contributed by atoms with Gasteiger partial charge in [0.05, 0.1) is 0 Å². The predicted octanol–water partition coefficient (Wildman–Crippen LogP) is 2.34. The molecule has 178 valence electrons. The van der Waals surface area contributed by atoms with Crippen LogP contribution >= 0.6 is 0 Å². The van der Waals surface area contributed by atoms with Crippen LogP contribution in [-0.4, -0.2) is 57.3 Å². The minimum atomic E-state index is -0.117. The third-order valence-electron chi connectivity index (χ3n) is 5.24. The van der Waals surface area contributed by atoms with Crippen LogP contribution in [0.25, 0.3) is 0 Å². The van der Waals surface area contributed by atoms with Crippen molar-refractivity contribution in [2.75, 3.05) is 26.2 Å². The number of carbonyl (C=O) groups excluding carboxylic acids is 2. The second-order valence-electron chi connectivity index (χ2n) is 7.82. The van der Waals surface area contributed by atoms with Gasteiger partial charge in [-0.25, -0.2) is 19.6 Å². The molecule has 2 aromatic rings. The number of hydrogen-bond acceptors (Lipinski definition) is 4. The van der Waals surface area contributed by atoms with Gasteiger partial charge in [-0.05, 0) is 39.5 Å². The first-order valence-corrected chi connectivity index (χ1v) is 11.5. The fraction of sp³-hybridized carbons (Fsp3) is 0.636. The van der Waals surface area contributed by atoms with Crippen LogP contribution in [0.2, 0.25) is 0 Å². The fourth-order valence-corrected chi connectivity index (χ4v) is 3.32. The zero-order valence-electron chi connectivity index (χ0n) is 19.4. The summed E-state index contributed by atoms with van der Waals surface area (Å²) in [4.78, 5) is 31.9. The largest absolute Gasteiger partial charge is 0.338 e. The van der Waals surface area contributed by atoms with E-state index >= 15 is 0 Å². The Morgan fingerprint density at radius 2 is 1.03 bits per heavy atom. The monoisotopic (exact) mass is 446 g/mol. The van der Waals surface area contributed by atoms with E-state index in [0.29, 0.717) is 26.2 Å². The van der Waals surface area contributed by atoms with Crippen molar-refractivity contribution >= 4 is 12.1 Å². The molecule has 10 heteroatoms. The Morgan fingerprint density at radius 3 is 1.38 bits per heavy atom. The summed E-state index contributed by atoms with van der Waals surface area (Å²) in [5.41, 5.74) is 0. The van der Waals surface area contributed by atoms with Crippen LogP contribution < -0.4 is 21.3 Å². The van der Waals surface area contributed by atoms with Crippen LogP contribution in [0.4, 0.5) is 9.59 Å². The Bertz CT molecular complexity index is 735. The van der Waals surface area contributed by atoms with Gasteiger partial charge in [0.15, 0.2) is 0 Å². The second kappa shape index (κ2) is 14.9. The summed E-state index contributed by atoms with van der Waals surface area (Å²) in [5.74, 6) is 1.98. The van der Waals surface area contributed by atoms with Crippen LogP contribution in [0, 0.1) is 13.8 Å². The van der Waals surface area contributed by atoms with Crippen molar-refractivity contribution in [3.63, 3.8) is 0 Å². The predicted molar refractivity (Wildman–Crippen MR) is 124 cm³/mol. The van der Waals surface area contributed by atoms with Crippen molar-refractivity contribution in [2.24, 2.45) is 0 Å². The molecule has 0 aliphatic rings. The maximum Gasteiger partial charge on any atom is 0.314 e. The SMILES string of the molecule is Cc1nccn1CCCNC(=O)NCCCCCCNC(=O)NCCCn1ccnc1C. The molecule has 0 fully saturated rings. The molecule has 0 aliphatic heterocycles. The van der Waals surface area contributed by atoms with Crippen LogP contribution in [-0.2, 0) is 13.1 Å². The molecule has 2 rings (SSSR count). The molecule has 0 unspecified atom stereocenters. The number of hydrogen-bond donors (Lipinski definition) is 4. The third-order valence-corrected chi connectivity index (χ3v) is 5.24. The molecule has 2 aromatic heterocycles. The highest BCUT2D eigenvalue weighted by atomic mass is 16.2. The topological polar surface area (TPSA) is 118 Å². The number of nitrogens with one attached hydrogen (secondary N) is 4. The van der Waals surface area contributed by atoms with E-state index in [2.05, 4.69) is 40.4 Å². The minimum absolute atomic E-state index is 0.117. The number of urea groups is 2. The van der Waals surface area contributed by atoms with E-state index in [0.717, 1.165) is 63.3 Å². The Labute approximate surface area is 190 Å². The van der Waals surface area contributed by atoms with Gasteiger partial charge in [-0.3, -0.25) is 0 Å². The number of carbonyl (C=O) groups is 2. The Balaban J connectivity index is 1.33. The molecule has 2 heterocycles. The number of aryl methyl sites for hydroxylation is 4. The standard InChI is InChI=1S/C22H38N8O2/c1-19-23-13-17-29(19)15-7-11-27-21(31)25-9-5-3-4-6-10-26-22(32)28-12-8-16-30-18-14-24-20(30)2/h13-14,17-18H,3-12,15-16H2,1-2H3,(H2,25,27,31)(H2,26,28,32). The molecule has 32 heavy (non-hydrogen) atoms. The van der Waals surface area contributed by atoms with Gasteiger partial charge in [-0.15, -0.1) is 0 Å². The van der Waals surface area contributed by atoms with E-state index in [1.807, 2.05) is 26.2 Å². The molecule has 0 saturated carbocycles. The van der Waals surface area contributed by atoms with E-state index in [9.17, 15) is 9.59 Å². The van der Waals surface area contributed by atoms with E-state index in [-0.39, 0.29) is 12.1 Å². The van der Waals surface area contributed by atoms with Crippen molar-refractivity contribution in [1.82, 2.24) is 40.4 Å². The van der Waals surface area contributed by atoms with Gasteiger partial charge in [0, 0.05) is 64.1 Å². The summed E-state index contributed by atoms with van der Waals surface area (Å²) in [6, 6.07) is -0.234. The summed E-state index contributed by atoms with van der Waals surface area (Å²) in [7, 11) is 0. The lowest BCUT2D eigenvalue weighted by molar-refractivity contribution is 0.239. The first-order valence-electron chi connectivity index (χ1n) is 11.5. The van der Waals surface area contributed by atoms with Crippen molar-refractivity contribution < 1.29 is 9.59 Å². The maximum absolute atomic E-state index is 11.8. The van der Waals surface area contributed by atoms with Crippen LogP contribution in [0.3, 0.4) is 0 Å². The summed E-state index contributed by atoms with van der Waals surface area (Å²) in [6.45, 7) is 8.25. The summed E-state index contributed by atoms with van der Waals surface area (Å²) < 4.78 is 4.14. The van der Waals surface area contributed by atoms with Gasteiger partial charge in [-0.2, -0.15) is 0 Å². The molecule has 4 N–H and O–H groups in total. The first-order chi connectivity index (χ1) is 15.6. The van der Waals surface area contributed by atoms with Crippen molar-refractivity contribution in [3.05, 3.63) is 36.4 Å². The summed E-state index contributed by atoms with van der Waals surface area (Å²) >= 11 is 0. The van der Waals surface area contributed by atoms with Gasteiger partial charge in [-0.1, -0.05) is 12.8 Å². The van der Waals surface area contributed by atoms with E-state index in [1.54, 1.807) is 12.4 Å². The molecule has 0 saturated heterocycles. The quantitative estimate of drug-likeness (QED) is 0.314. The lowest BCUT2D eigenvalue weighted by Gasteiger charge is -2.09. The normalized spacial score (nSPS) is 10.7. The highest BCUT2D eigenvalue weighted by Gasteiger charge is 2.02. The van der Waals surface area contributed by atoms with Gasteiger partial charge < -0.3 is 30.4 Å².